The molecule has 0 aliphatic carbocycles. The fourth-order valence-corrected chi connectivity index (χ4v) is 2.98. The SMILES string of the molecule is C=CCc1ccc(OCC(=O)Nc2ccc(OC)c(OCc3cccnc3)c2)c(OC)c1. The molecule has 0 fully saturated rings. The number of pyridine rings is 1. The van der Waals surface area contributed by atoms with Crippen molar-refractivity contribution in [3.05, 3.63) is 84.7 Å². The van der Waals surface area contributed by atoms with Crippen molar-refractivity contribution in [1.82, 2.24) is 4.98 Å². The average Bonchev–Trinajstić information content (AvgIpc) is 2.82. The van der Waals surface area contributed by atoms with E-state index in [9.17, 15) is 4.79 Å². The summed E-state index contributed by atoms with van der Waals surface area (Å²) in [6.07, 6.45) is 5.97. The van der Waals surface area contributed by atoms with Crippen LogP contribution in [0.4, 0.5) is 5.69 Å². The zero-order valence-electron chi connectivity index (χ0n) is 18.2. The van der Waals surface area contributed by atoms with E-state index in [0.717, 1.165) is 17.5 Å². The van der Waals surface area contributed by atoms with Crippen LogP contribution in [0.2, 0.25) is 0 Å². The first-order chi connectivity index (χ1) is 15.6. The lowest BCUT2D eigenvalue weighted by Gasteiger charge is -2.14. The van der Waals surface area contributed by atoms with Gasteiger partial charge in [0.15, 0.2) is 29.6 Å². The fraction of sp³-hybridized carbons (Fsp3) is 0.200. The maximum atomic E-state index is 12.4. The molecule has 0 spiro atoms. The molecule has 1 heterocycles. The number of carbonyl (C=O) groups is 1. The van der Waals surface area contributed by atoms with E-state index in [1.165, 1.54) is 0 Å². The van der Waals surface area contributed by atoms with Crippen LogP contribution in [-0.2, 0) is 17.8 Å². The number of allylic oxidation sites excluding steroid dienone is 1. The Bertz CT molecular complexity index is 1050. The highest BCUT2D eigenvalue weighted by Gasteiger charge is 2.11. The monoisotopic (exact) mass is 434 g/mol. The van der Waals surface area contributed by atoms with E-state index in [4.69, 9.17) is 18.9 Å². The van der Waals surface area contributed by atoms with E-state index in [1.54, 1.807) is 50.9 Å². The maximum absolute atomic E-state index is 12.4. The average molecular weight is 434 g/mol. The van der Waals surface area contributed by atoms with Gasteiger partial charge in [-0.1, -0.05) is 18.2 Å². The van der Waals surface area contributed by atoms with Crippen molar-refractivity contribution in [3.8, 4) is 23.0 Å². The standard InChI is InChI=1S/C25H26N2O5/c1-4-6-18-8-10-22(23(13-18)30-3)32-17-25(28)27-20-9-11-21(29-2)24(14-20)31-16-19-7-5-12-26-15-19/h4-5,7-15H,1,6,16-17H2,2-3H3,(H,27,28). The molecule has 166 valence electrons. The normalized spacial score (nSPS) is 10.2. The number of aromatic nitrogens is 1. The summed E-state index contributed by atoms with van der Waals surface area (Å²) in [4.78, 5) is 16.5. The first-order valence-electron chi connectivity index (χ1n) is 10.0. The molecule has 0 saturated heterocycles. The van der Waals surface area contributed by atoms with Gasteiger partial charge in [0, 0.05) is 29.7 Å². The Hall–Kier alpha value is -4.00. The zero-order chi connectivity index (χ0) is 22.8. The highest BCUT2D eigenvalue weighted by molar-refractivity contribution is 5.92. The van der Waals surface area contributed by atoms with Crippen LogP contribution in [0, 0.1) is 0 Å². The van der Waals surface area contributed by atoms with Crippen molar-refractivity contribution in [3.63, 3.8) is 0 Å². The van der Waals surface area contributed by atoms with Crippen molar-refractivity contribution in [2.75, 3.05) is 26.1 Å². The van der Waals surface area contributed by atoms with Crippen molar-refractivity contribution >= 4 is 11.6 Å². The van der Waals surface area contributed by atoms with Gasteiger partial charge in [0.1, 0.15) is 6.61 Å². The van der Waals surface area contributed by atoms with Crippen molar-refractivity contribution in [2.45, 2.75) is 13.0 Å². The first-order valence-corrected chi connectivity index (χ1v) is 10.0. The molecule has 1 aromatic heterocycles. The first kappa shape index (κ1) is 22.7. The van der Waals surface area contributed by atoms with Crippen molar-refractivity contribution in [1.29, 1.82) is 0 Å². The quantitative estimate of drug-likeness (QED) is 0.450. The third-order valence-electron chi connectivity index (χ3n) is 4.53. The summed E-state index contributed by atoms with van der Waals surface area (Å²) in [5, 5.41) is 2.81. The minimum Gasteiger partial charge on any atom is -0.493 e. The summed E-state index contributed by atoms with van der Waals surface area (Å²) in [7, 11) is 3.12. The fourth-order valence-electron chi connectivity index (χ4n) is 2.98. The van der Waals surface area contributed by atoms with Gasteiger partial charge in [-0.15, -0.1) is 6.58 Å². The van der Waals surface area contributed by atoms with Crippen LogP contribution in [0.1, 0.15) is 11.1 Å². The molecule has 32 heavy (non-hydrogen) atoms. The van der Waals surface area contributed by atoms with E-state index in [0.29, 0.717) is 35.3 Å². The Morgan fingerprint density at radius 2 is 1.78 bits per heavy atom. The largest absolute Gasteiger partial charge is 0.493 e. The highest BCUT2D eigenvalue weighted by atomic mass is 16.5. The zero-order valence-corrected chi connectivity index (χ0v) is 18.2. The van der Waals surface area contributed by atoms with Crippen LogP contribution in [0.25, 0.3) is 0 Å². The molecular formula is C25H26N2O5. The van der Waals surface area contributed by atoms with Gasteiger partial charge < -0.3 is 24.3 Å². The summed E-state index contributed by atoms with van der Waals surface area (Å²) in [5.74, 6) is 1.81. The number of rotatable bonds is 11. The van der Waals surface area contributed by atoms with Gasteiger partial charge in [0.2, 0.25) is 0 Å². The Morgan fingerprint density at radius 3 is 2.50 bits per heavy atom. The summed E-state index contributed by atoms with van der Waals surface area (Å²) in [6.45, 7) is 3.89. The minimum atomic E-state index is -0.314. The molecule has 0 bridgehead atoms. The highest BCUT2D eigenvalue weighted by Crippen LogP contribution is 2.31. The van der Waals surface area contributed by atoms with Crippen molar-refractivity contribution in [2.24, 2.45) is 0 Å². The summed E-state index contributed by atoms with van der Waals surface area (Å²) < 4.78 is 22.2. The third kappa shape index (κ3) is 6.25. The molecule has 3 rings (SSSR count). The molecule has 0 aliphatic heterocycles. The van der Waals surface area contributed by atoms with Crippen LogP contribution < -0.4 is 24.3 Å². The molecule has 7 nitrogen and oxygen atoms in total. The van der Waals surface area contributed by atoms with Gasteiger partial charge in [-0.3, -0.25) is 9.78 Å². The predicted molar refractivity (Wildman–Crippen MR) is 123 cm³/mol. The number of anilines is 1. The second-order valence-corrected chi connectivity index (χ2v) is 6.83. The van der Waals surface area contributed by atoms with Gasteiger partial charge >= 0.3 is 0 Å². The van der Waals surface area contributed by atoms with Gasteiger partial charge in [-0.25, -0.2) is 0 Å². The molecule has 2 aromatic carbocycles. The van der Waals surface area contributed by atoms with Gasteiger partial charge in [-0.2, -0.15) is 0 Å². The second kappa shape index (κ2) is 11.4. The smallest absolute Gasteiger partial charge is 0.262 e. The molecule has 0 radical (unpaired) electrons. The lowest BCUT2D eigenvalue weighted by atomic mass is 10.1. The van der Waals surface area contributed by atoms with Gasteiger partial charge in [0.25, 0.3) is 5.91 Å². The molecule has 1 N–H and O–H groups in total. The molecule has 0 unspecified atom stereocenters. The molecule has 0 saturated carbocycles. The molecule has 1 amide bonds. The second-order valence-electron chi connectivity index (χ2n) is 6.83. The van der Waals surface area contributed by atoms with E-state index < -0.39 is 0 Å². The number of nitrogens with one attached hydrogen (secondary N) is 1. The van der Waals surface area contributed by atoms with E-state index in [-0.39, 0.29) is 12.5 Å². The molecular weight excluding hydrogens is 408 g/mol. The third-order valence-corrected chi connectivity index (χ3v) is 4.53. The number of benzene rings is 2. The summed E-state index contributed by atoms with van der Waals surface area (Å²) in [6, 6.07) is 14.5. The molecule has 7 heteroatoms. The van der Waals surface area contributed by atoms with E-state index >= 15 is 0 Å². The number of nitrogens with zero attached hydrogens (tertiary/aromatic N) is 1. The number of amides is 1. The van der Waals surface area contributed by atoms with E-state index in [1.807, 2.05) is 30.3 Å². The van der Waals surface area contributed by atoms with Gasteiger partial charge in [-0.05, 0) is 42.3 Å². The van der Waals surface area contributed by atoms with Crippen LogP contribution >= 0.6 is 0 Å². The number of hydrogen-bond donors (Lipinski definition) is 1. The van der Waals surface area contributed by atoms with Crippen molar-refractivity contribution < 1.29 is 23.7 Å². The molecule has 0 aliphatic rings. The maximum Gasteiger partial charge on any atom is 0.262 e. The Kier molecular flexibility index (Phi) is 8.09. The predicted octanol–water partition coefficient (Wildman–Crippen LogP) is 4.42. The Morgan fingerprint density at radius 1 is 0.969 bits per heavy atom. The summed E-state index contributed by atoms with van der Waals surface area (Å²) in [5.41, 5.74) is 2.53. The van der Waals surface area contributed by atoms with Crippen LogP contribution in [0.5, 0.6) is 23.0 Å². The Labute approximate surface area is 187 Å². The summed E-state index contributed by atoms with van der Waals surface area (Å²) >= 11 is 0. The van der Waals surface area contributed by atoms with Crippen LogP contribution in [-0.4, -0.2) is 31.7 Å². The molecule has 3 aromatic rings. The number of carbonyl (C=O) groups excluding carboxylic acids is 1. The van der Waals surface area contributed by atoms with Crippen LogP contribution in [0.15, 0.2) is 73.6 Å². The van der Waals surface area contributed by atoms with Gasteiger partial charge in [0.05, 0.1) is 14.2 Å². The molecule has 0 atom stereocenters. The lowest BCUT2D eigenvalue weighted by Crippen LogP contribution is -2.20. The number of hydrogen-bond acceptors (Lipinski definition) is 6. The van der Waals surface area contributed by atoms with E-state index in [2.05, 4.69) is 16.9 Å². The lowest BCUT2D eigenvalue weighted by molar-refractivity contribution is -0.118. The number of methoxy groups -OCH3 is 2. The Balaban J connectivity index is 1.61. The minimum absolute atomic E-state index is 0.172. The topological polar surface area (TPSA) is 78.9 Å². The number of ether oxygens (including phenoxy) is 4. The van der Waals surface area contributed by atoms with Crippen LogP contribution in [0.3, 0.4) is 0 Å².